The van der Waals surface area contributed by atoms with Gasteiger partial charge in [0.1, 0.15) is 19.3 Å². The Labute approximate surface area is 517 Å². The number of hydrogen-bond donors (Lipinski definition) is 3. The minimum Gasteiger partial charge on any atom is -0.462 e. The summed E-state index contributed by atoms with van der Waals surface area (Å²) >= 11 is 0. The van der Waals surface area contributed by atoms with Crippen LogP contribution < -0.4 is 0 Å². The molecule has 0 aliphatic carbocycles. The Morgan fingerprint density at radius 1 is 0.318 bits per heavy atom. The summed E-state index contributed by atoms with van der Waals surface area (Å²) in [5.41, 5.74) is 0. The maximum atomic E-state index is 13.0. The third-order valence-corrected chi connectivity index (χ3v) is 17.1. The summed E-state index contributed by atoms with van der Waals surface area (Å²) in [6.07, 6.45) is 42.2. The van der Waals surface area contributed by atoms with Crippen LogP contribution >= 0.6 is 15.6 Å². The van der Waals surface area contributed by atoms with Gasteiger partial charge in [-0.15, -0.1) is 0 Å². The number of hydrogen-bond acceptors (Lipinski definition) is 15. The van der Waals surface area contributed by atoms with Gasteiger partial charge in [-0.05, 0) is 37.5 Å². The first-order valence-electron chi connectivity index (χ1n) is 34.5. The number of unbranched alkanes of at least 4 members (excludes halogenated alkanes) is 35. The SMILES string of the molecule is CCCCCCCCCCCCCCCCCCC(=O)O[C@H](COC(=O)CCCCCCCCCCCCCC(C)C)COP(=O)(O)OC[C@@H](O)COP(=O)(O)OC[C@@H](COC(=O)CCCCCCC)OC(=O)CCCCCCCCCC(C)C. The third kappa shape index (κ3) is 60.7. The van der Waals surface area contributed by atoms with Gasteiger partial charge < -0.3 is 33.8 Å². The second-order valence-electron chi connectivity index (χ2n) is 24.8. The van der Waals surface area contributed by atoms with Crippen molar-refractivity contribution in [2.24, 2.45) is 11.8 Å². The highest BCUT2D eigenvalue weighted by Crippen LogP contribution is 2.45. The molecule has 0 saturated carbocycles. The maximum absolute atomic E-state index is 13.0. The standard InChI is InChI=1S/C66H128O17P2/c1-7-9-11-13-14-15-16-17-18-19-20-23-27-32-38-44-50-65(70)83-62(55-77-64(69)49-43-37-31-26-24-21-22-25-29-35-40-46-58(3)4)57-81-85(74,75)79-53-60(67)52-78-84(72,73)80-56-61(54-76-63(68)48-42-34-12-10-8-2)82-66(71)51-45-39-33-28-30-36-41-47-59(5)6/h58-62,67H,7-57H2,1-6H3,(H,72,73)(H,74,75)/t60-,61+,62+/m0/s1. The molecule has 504 valence electrons. The molecule has 5 atom stereocenters. The van der Waals surface area contributed by atoms with E-state index in [4.69, 9.17) is 37.0 Å². The van der Waals surface area contributed by atoms with Gasteiger partial charge >= 0.3 is 39.5 Å². The van der Waals surface area contributed by atoms with Gasteiger partial charge in [-0.3, -0.25) is 37.3 Å². The summed E-state index contributed by atoms with van der Waals surface area (Å²) in [5.74, 6) is -0.675. The molecule has 0 heterocycles. The fourth-order valence-corrected chi connectivity index (χ4v) is 11.5. The zero-order chi connectivity index (χ0) is 62.9. The monoisotopic (exact) mass is 1250 g/mol. The average Bonchev–Trinajstić information content (AvgIpc) is 3.55. The van der Waals surface area contributed by atoms with Crippen LogP contribution in [0.15, 0.2) is 0 Å². The van der Waals surface area contributed by atoms with Gasteiger partial charge in [0.15, 0.2) is 12.2 Å². The quantitative estimate of drug-likeness (QED) is 0.0222. The smallest absolute Gasteiger partial charge is 0.462 e. The number of aliphatic hydroxyl groups is 1. The number of ether oxygens (including phenoxy) is 4. The highest BCUT2D eigenvalue weighted by Gasteiger charge is 2.30. The van der Waals surface area contributed by atoms with Gasteiger partial charge in [-0.25, -0.2) is 9.13 Å². The molecular weight excluding hydrogens is 1130 g/mol. The molecule has 0 aromatic carbocycles. The Bertz CT molecular complexity index is 1670. The Morgan fingerprint density at radius 3 is 0.800 bits per heavy atom. The van der Waals surface area contributed by atoms with Crippen LogP contribution in [-0.2, 0) is 65.4 Å². The van der Waals surface area contributed by atoms with Crippen LogP contribution in [0.2, 0.25) is 0 Å². The molecule has 3 N–H and O–H groups in total. The van der Waals surface area contributed by atoms with Gasteiger partial charge in [0, 0.05) is 25.7 Å². The van der Waals surface area contributed by atoms with Crippen molar-refractivity contribution in [1.29, 1.82) is 0 Å². The molecule has 0 aromatic heterocycles. The van der Waals surface area contributed by atoms with E-state index in [1.807, 2.05) is 0 Å². The molecule has 19 heteroatoms. The van der Waals surface area contributed by atoms with Crippen LogP contribution in [0, 0.1) is 11.8 Å². The maximum Gasteiger partial charge on any atom is 0.472 e. The Morgan fingerprint density at radius 2 is 0.541 bits per heavy atom. The van der Waals surface area contributed by atoms with Crippen LogP contribution in [0.4, 0.5) is 0 Å². The van der Waals surface area contributed by atoms with Crippen molar-refractivity contribution in [1.82, 2.24) is 0 Å². The van der Waals surface area contributed by atoms with Gasteiger partial charge in [-0.2, -0.15) is 0 Å². The molecule has 0 fully saturated rings. The van der Waals surface area contributed by atoms with Crippen LogP contribution in [0.25, 0.3) is 0 Å². The molecule has 0 aliphatic rings. The second kappa shape index (κ2) is 58.4. The number of carbonyl (C=O) groups excluding carboxylic acids is 4. The molecule has 0 radical (unpaired) electrons. The van der Waals surface area contributed by atoms with Crippen LogP contribution in [0.3, 0.4) is 0 Å². The van der Waals surface area contributed by atoms with Crippen molar-refractivity contribution in [3.05, 3.63) is 0 Å². The normalized spacial score (nSPS) is 14.2. The van der Waals surface area contributed by atoms with Crippen molar-refractivity contribution < 1.29 is 80.2 Å². The predicted molar refractivity (Wildman–Crippen MR) is 340 cm³/mol. The van der Waals surface area contributed by atoms with Gasteiger partial charge in [0.25, 0.3) is 0 Å². The molecule has 0 aliphatic heterocycles. The molecule has 2 unspecified atom stereocenters. The fourth-order valence-electron chi connectivity index (χ4n) is 9.88. The molecule has 0 rings (SSSR count). The van der Waals surface area contributed by atoms with E-state index in [9.17, 15) is 43.2 Å². The Kier molecular flexibility index (Phi) is 57.1. The van der Waals surface area contributed by atoms with E-state index in [0.717, 1.165) is 102 Å². The van der Waals surface area contributed by atoms with Gasteiger partial charge in [0.05, 0.1) is 26.4 Å². The van der Waals surface area contributed by atoms with Gasteiger partial charge in [-0.1, -0.05) is 279 Å². The predicted octanol–water partition coefficient (Wildman–Crippen LogP) is 18.4. The number of esters is 4. The zero-order valence-electron chi connectivity index (χ0n) is 54.9. The van der Waals surface area contributed by atoms with Crippen molar-refractivity contribution in [3.8, 4) is 0 Å². The number of rotatable bonds is 65. The first-order chi connectivity index (χ1) is 40.9. The molecule has 0 aromatic rings. The Balaban J connectivity index is 5.17. The van der Waals surface area contributed by atoms with Crippen LogP contribution in [0.1, 0.15) is 330 Å². The van der Waals surface area contributed by atoms with Crippen LogP contribution in [0.5, 0.6) is 0 Å². The molecule has 17 nitrogen and oxygen atoms in total. The second-order valence-corrected chi connectivity index (χ2v) is 27.7. The van der Waals surface area contributed by atoms with Crippen molar-refractivity contribution in [2.45, 2.75) is 349 Å². The van der Waals surface area contributed by atoms with Crippen molar-refractivity contribution >= 4 is 39.5 Å². The van der Waals surface area contributed by atoms with E-state index in [1.54, 1.807) is 0 Å². The summed E-state index contributed by atoms with van der Waals surface area (Å²) < 4.78 is 67.9. The highest BCUT2D eigenvalue weighted by molar-refractivity contribution is 7.47. The fraction of sp³-hybridized carbons (Fsp3) is 0.939. The molecular formula is C66H128O17P2. The van der Waals surface area contributed by atoms with E-state index in [1.165, 1.54) is 141 Å². The van der Waals surface area contributed by atoms with Crippen molar-refractivity contribution in [3.63, 3.8) is 0 Å². The molecule has 0 amide bonds. The largest absolute Gasteiger partial charge is 0.472 e. The third-order valence-electron chi connectivity index (χ3n) is 15.2. The minimum atomic E-state index is -4.95. The number of phosphoric ester groups is 2. The molecule has 0 saturated heterocycles. The summed E-state index contributed by atoms with van der Waals surface area (Å²) in [5, 5.41) is 10.5. The number of aliphatic hydroxyl groups excluding tert-OH is 1. The topological polar surface area (TPSA) is 237 Å². The molecule has 0 spiro atoms. The minimum absolute atomic E-state index is 0.102. The first kappa shape index (κ1) is 83.1. The summed E-state index contributed by atoms with van der Waals surface area (Å²) in [7, 11) is -9.88. The van der Waals surface area contributed by atoms with Crippen molar-refractivity contribution in [2.75, 3.05) is 39.6 Å². The average molecular weight is 1260 g/mol. The number of phosphoric acid groups is 2. The molecule has 0 bridgehead atoms. The molecule has 85 heavy (non-hydrogen) atoms. The lowest BCUT2D eigenvalue weighted by Gasteiger charge is -2.21. The zero-order valence-corrected chi connectivity index (χ0v) is 56.7. The van der Waals surface area contributed by atoms with Gasteiger partial charge in [0.2, 0.25) is 0 Å². The van der Waals surface area contributed by atoms with Crippen LogP contribution in [-0.4, -0.2) is 96.7 Å². The lowest BCUT2D eigenvalue weighted by atomic mass is 10.0. The highest BCUT2D eigenvalue weighted by atomic mass is 31.2. The van der Waals surface area contributed by atoms with E-state index < -0.39 is 97.5 Å². The van der Waals surface area contributed by atoms with E-state index in [-0.39, 0.29) is 25.7 Å². The Hall–Kier alpha value is -1.94. The first-order valence-corrected chi connectivity index (χ1v) is 37.5. The van der Waals surface area contributed by atoms with E-state index in [0.29, 0.717) is 31.6 Å². The number of carbonyl (C=O) groups is 4. The summed E-state index contributed by atoms with van der Waals surface area (Å²) in [4.78, 5) is 72.1. The summed E-state index contributed by atoms with van der Waals surface area (Å²) in [6, 6.07) is 0. The lowest BCUT2D eigenvalue weighted by Crippen LogP contribution is -2.30. The van der Waals surface area contributed by atoms with E-state index in [2.05, 4.69) is 41.5 Å². The summed E-state index contributed by atoms with van der Waals surface area (Å²) in [6.45, 7) is 9.37. The lowest BCUT2D eigenvalue weighted by molar-refractivity contribution is -0.161. The van der Waals surface area contributed by atoms with E-state index >= 15 is 0 Å².